The van der Waals surface area contributed by atoms with Crippen LogP contribution in [-0.2, 0) is 28.4 Å². The van der Waals surface area contributed by atoms with E-state index in [1.807, 2.05) is 6.92 Å². The molecule has 13 heteroatoms. The number of hydrogen-bond acceptors (Lipinski definition) is 6. The monoisotopic (exact) mass is 616 g/mol. The highest BCUT2D eigenvalue weighted by Crippen LogP contribution is 2.38. The van der Waals surface area contributed by atoms with Gasteiger partial charge in [0.05, 0.1) is 16.2 Å². The summed E-state index contributed by atoms with van der Waals surface area (Å²) in [4.78, 5) is 33.7. The van der Waals surface area contributed by atoms with Gasteiger partial charge in [-0.05, 0) is 66.0 Å². The summed E-state index contributed by atoms with van der Waals surface area (Å²) in [6.45, 7) is 1.83. The third-order valence-corrected chi connectivity index (χ3v) is 7.87. The second-order valence-corrected chi connectivity index (χ2v) is 11.0. The number of Topliss-reactive ketones (excluding diaryl/α,β-unsaturated/α-hetero) is 2. The Morgan fingerprint density at radius 3 is 2.15 bits per heavy atom. The van der Waals surface area contributed by atoms with Gasteiger partial charge in [-0.2, -0.15) is 26.3 Å². The van der Waals surface area contributed by atoms with E-state index < -0.39 is 29.4 Å². The molecule has 1 aromatic carbocycles. The smallest absolute Gasteiger partial charge is 0.417 e. The molecule has 0 unspecified atom stereocenters. The first kappa shape index (κ1) is 30.8. The Morgan fingerprint density at radius 2 is 1.59 bits per heavy atom. The number of halogens is 7. The number of rotatable bonds is 8. The molecule has 0 spiro atoms. The zero-order chi connectivity index (χ0) is 29.9. The summed E-state index contributed by atoms with van der Waals surface area (Å²) in [5, 5.41) is 0.102. The van der Waals surface area contributed by atoms with Crippen LogP contribution in [0.4, 0.5) is 26.3 Å². The first-order valence-electron chi connectivity index (χ1n) is 12.5. The molecule has 3 aromatic rings. The average molecular weight is 617 g/mol. The molecule has 0 atom stereocenters. The van der Waals surface area contributed by atoms with Gasteiger partial charge in [-0.25, -0.2) is 9.97 Å². The molecule has 41 heavy (non-hydrogen) atoms. The van der Waals surface area contributed by atoms with Crippen LogP contribution in [0.3, 0.4) is 0 Å². The van der Waals surface area contributed by atoms with Crippen LogP contribution in [0.2, 0.25) is 5.02 Å². The highest BCUT2D eigenvalue weighted by molar-refractivity contribution is 7.99. The number of thioether (sulfide) groups is 1. The number of alkyl halides is 6. The van der Waals surface area contributed by atoms with E-state index in [9.17, 15) is 35.9 Å². The fraction of sp³-hybridized carbons (Fsp3) is 0.357. The van der Waals surface area contributed by atoms with E-state index in [0.717, 1.165) is 12.3 Å². The molecule has 0 aliphatic heterocycles. The molecule has 1 fully saturated rings. The molecular formula is C28H23ClF6N2O3S. The van der Waals surface area contributed by atoms with Crippen molar-refractivity contribution in [3.63, 3.8) is 0 Å². The van der Waals surface area contributed by atoms with Crippen LogP contribution < -0.4 is 4.74 Å². The predicted molar refractivity (Wildman–Crippen MR) is 140 cm³/mol. The first-order chi connectivity index (χ1) is 19.3. The summed E-state index contributed by atoms with van der Waals surface area (Å²) in [6.07, 6.45) is -6.33. The molecule has 5 nitrogen and oxygen atoms in total. The van der Waals surface area contributed by atoms with Gasteiger partial charge in [0.1, 0.15) is 28.3 Å². The van der Waals surface area contributed by atoms with E-state index in [1.54, 1.807) is 12.1 Å². The summed E-state index contributed by atoms with van der Waals surface area (Å²) < 4.78 is 82.3. The van der Waals surface area contributed by atoms with Crippen molar-refractivity contribution < 1.29 is 40.7 Å². The topological polar surface area (TPSA) is 69.2 Å². The molecule has 218 valence electrons. The molecule has 0 amide bonds. The number of hydrogen-bond donors (Lipinski definition) is 0. The van der Waals surface area contributed by atoms with Crippen molar-refractivity contribution in [3.8, 4) is 11.6 Å². The van der Waals surface area contributed by atoms with Crippen LogP contribution in [0.5, 0.6) is 11.6 Å². The second-order valence-electron chi connectivity index (χ2n) is 9.48. The van der Waals surface area contributed by atoms with Gasteiger partial charge >= 0.3 is 12.4 Å². The van der Waals surface area contributed by atoms with Crippen molar-refractivity contribution in [1.29, 1.82) is 0 Å². The van der Waals surface area contributed by atoms with Gasteiger partial charge in [-0.1, -0.05) is 24.6 Å². The van der Waals surface area contributed by atoms with Gasteiger partial charge in [0.15, 0.2) is 0 Å². The SMILES string of the molecule is CCc1cc(Oc2ncc(C(F)(F)F)cc2Cl)ccc1C1C(=O)CC(CCSc2ccc(C(F)(F)F)cn2)CC1=O. The molecule has 0 bridgehead atoms. The lowest BCUT2D eigenvalue weighted by Gasteiger charge is -2.28. The molecule has 2 aromatic heterocycles. The number of ketones is 2. The molecule has 0 radical (unpaired) electrons. The summed E-state index contributed by atoms with van der Waals surface area (Å²) in [7, 11) is 0. The fourth-order valence-electron chi connectivity index (χ4n) is 4.57. The van der Waals surface area contributed by atoms with E-state index in [4.69, 9.17) is 16.3 Å². The maximum Gasteiger partial charge on any atom is 0.417 e. The number of pyridine rings is 2. The largest absolute Gasteiger partial charge is 0.438 e. The normalized spacial score (nSPS) is 18.0. The van der Waals surface area contributed by atoms with Crippen LogP contribution in [0.15, 0.2) is 53.8 Å². The summed E-state index contributed by atoms with van der Waals surface area (Å²) in [6, 6.07) is 7.67. The maximum atomic E-state index is 13.1. The molecule has 2 heterocycles. The molecule has 1 aliphatic rings. The van der Waals surface area contributed by atoms with Crippen molar-refractivity contribution in [1.82, 2.24) is 9.97 Å². The second kappa shape index (κ2) is 12.4. The number of ether oxygens (including phenoxy) is 1. The van der Waals surface area contributed by atoms with Crippen LogP contribution in [0, 0.1) is 5.92 Å². The number of carbonyl (C=O) groups excluding carboxylic acids is 2. The minimum absolute atomic E-state index is 0.184. The lowest BCUT2D eigenvalue weighted by Crippen LogP contribution is -2.32. The number of benzene rings is 1. The third-order valence-electron chi connectivity index (χ3n) is 6.62. The molecule has 1 saturated carbocycles. The van der Waals surface area contributed by atoms with Crippen molar-refractivity contribution in [3.05, 3.63) is 76.1 Å². The zero-order valence-corrected chi connectivity index (χ0v) is 23.1. The number of nitrogens with zero attached hydrogens (tertiary/aromatic N) is 2. The predicted octanol–water partition coefficient (Wildman–Crippen LogP) is 8.34. The number of carbonyl (C=O) groups is 2. The van der Waals surface area contributed by atoms with Crippen LogP contribution in [-0.4, -0.2) is 27.3 Å². The zero-order valence-electron chi connectivity index (χ0n) is 21.5. The van der Waals surface area contributed by atoms with Gasteiger partial charge in [0.2, 0.25) is 5.88 Å². The Labute approximate surface area is 240 Å². The van der Waals surface area contributed by atoms with Gasteiger partial charge < -0.3 is 4.74 Å². The fourth-order valence-corrected chi connectivity index (χ4v) is 5.73. The summed E-state index contributed by atoms with van der Waals surface area (Å²) >= 11 is 7.19. The van der Waals surface area contributed by atoms with E-state index in [2.05, 4.69) is 9.97 Å². The summed E-state index contributed by atoms with van der Waals surface area (Å²) in [5.74, 6) is -1.06. The molecule has 0 N–H and O–H groups in total. The van der Waals surface area contributed by atoms with Crippen molar-refractivity contribution in [2.24, 2.45) is 5.92 Å². The van der Waals surface area contributed by atoms with Crippen molar-refractivity contribution in [2.45, 2.75) is 55.9 Å². The maximum absolute atomic E-state index is 13.1. The Balaban J connectivity index is 1.38. The Kier molecular flexibility index (Phi) is 9.32. The van der Waals surface area contributed by atoms with Crippen LogP contribution >= 0.6 is 23.4 Å². The minimum Gasteiger partial charge on any atom is -0.438 e. The van der Waals surface area contributed by atoms with E-state index in [-0.39, 0.29) is 47.0 Å². The van der Waals surface area contributed by atoms with Crippen molar-refractivity contribution in [2.75, 3.05) is 5.75 Å². The summed E-state index contributed by atoms with van der Waals surface area (Å²) in [5.41, 5.74) is -0.632. The van der Waals surface area contributed by atoms with Crippen LogP contribution in [0.1, 0.15) is 54.4 Å². The Bertz CT molecular complexity index is 1410. The van der Waals surface area contributed by atoms with E-state index >= 15 is 0 Å². The highest BCUT2D eigenvalue weighted by Gasteiger charge is 2.37. The highest BCUT2D eigenvalue weighted by atomic mass is 35.5. The number of aryl methyl sites for hydroxylation is 1. The first-order valence-corrected chi connectivity index (χ1v) is 13.9. The molecular weight excluding hydrogens is 594 g/mol. The Hall–Kier alpha value is -3.12. The standard InChI is InChI=1S/C28H23ClF6N2O3S/c1-2-16-11-19(40-26-21(29)12-18(14-37-26)28(33,34)35)4-5-20(16)25-22(38)9-15(10-23(25)39)7-8-41-24-6-3-17(13-36-24)27(30,31)32/h3-6,11-15,25H,2,7-10H2,1H3. The molecule has 0 saturated heterocycles. The van der Waals surface area contributed by atoms with Crippen molar-refractivity contribution >= 4 is 34.9 Å². The molecule has 4 rings (SSSR count). The van der Waals surface area contributed by atoms with E-state index in [1.165, 1.54) is 23.9 Å². The lowest BCUT2D eigenvalue weighted by molar-refractivity contribution is -0.138. The quantitative estimate of drug-likeness (QED) is 0.144. The van der Waals surface area contributed by atoms with Crippen LogP contribution in [0.25, 0.3) is 0 Å². The van der Waals surface area contributed by atoms with E-state index in [0.29, 0.717) is 47.0 Å². The average Bonchev–Trinajstić information content (AvgIpc) is 2.89. The lowest BCUT2D eigenvalue weighted by atomic mass is 9.74. The van der Waals surface area contributed by atoms with Gasteiger partial charge in [-0.3, -0.25) is 9.59 Å². The van der Waals surface area contributed by atoms with Gasteiger partial charge in [0, 0.05) is 25.2 Å². The minimum atomic E-state index is -4.60. The van der Waals surface area contributed by atoms with Gasteiger partial charge in [-0.15, -0.1) is 11.8 Å². The Morgan fingerprint density at radius 1 is 0.927 bits per heavy atom. The third kappa shape index (κ3) is 7.59. The molecule has 1 aliphatic carbocycles. The number of aromatic nitrogens is 2. The van der Waals surface area contributed by atoms with Gasteiger partial charge in [0.25, 0.3) is 0 Å².